The molecule has 1 aromatic rings. The fourth-order valence-corrected chi connectivity index (χ4v) is 3.06. The number of likely N-dealkylation sites (tertiary alicyclic amines) is 1. The standard InChI is InChI=1S/C20H30N2O2/c1-5-6-18(23)22-13-11-15(12-14-22)19(24)21-17-9-7-16(8-10-17)20(2,3)4/h7-10,15H,5-6,11-14H2,1-4H3,(H,21,24). The van der Waals surface area contributed by atoms with E-state index in [0.29, 0.717) is 19.5 Å². The van der Waals surface area contributed by atoms with Crippen molar-refractivity contribution in [3.63, 3.8) is 0 Å². The van der Waals surface area contributed by atoms with Crippen molar-refractivity contribution in [3.05, 3.63) is 29.8 Å². The van der Waals surface area contributed by atoms with Gasteiger partial charge in [-0.15, -0.1) is 0 Å². The molecule has 2 amide bonds. The van der Waals surface area contributed by atoms with Gasteiger partial charge in [0.15, 0.2) is 0 Å². The molecule has 0 spiro atoms. The van der Waals surface area contributed by atoms with Crippen molar-refractivity contribution in [2.75, 3.05) is 18.4 Å². The summed E-state index contributed by atoms with van der Waals surface area (Å²) in [5.74, 6) is 0.285. The molecule has 24 heavy (non-hydrogen) atoms. The number of nitrogens with zero attached hydrogens (tertiary/aromatic N) is 1. The minimum Gasteiger partial charge on any atom is -0.343 e. The van der Waals surface area contributed by atoms with Crippen LogP contribution in [0.4, 0.5) is 5.69 Å². The van der Waals surface area contributed by atoms with Gasteiger partial charge in [0.1, 0.15) is 0 Å². The molecule has 0 unspecified atom stereocenters. The molecule has 1 heterocycles. The van der Waals surface area contributed by atoms with Crippen LogP contribution >= 0.6 is 0 Å². The molecule has 1 N–H and O–H groups in total. The number of carbonyl (C=O) groups is 2. The molecule has 132 valence electrons. The van der Waals surface area contributed by atoms with Crippen LogP contribution in [0, 0.1) is 5.92 Å². The Balaban J connectivity index is 1.86. The molecule has 1 aromatic carbocycles. The summed E-state index contributed by atoms with van der Waals surface area (Å²) in [4.78, 5) is 26.2. The Morgan fingerprint density at radius 1 is 1.12 bits per heavy atom. The van der Waals surface area contributed by atoms with E-state index in [0.717, 1.165) is 24.9 Å². The summed E-state index contributed by atoms with van der Waals surface area (Å²) in [5.41, 5.74) is 2.21. The molecule has 0 atom stereocenters. The zero-order chi connectivity index (χ0) is 17.7. The molecule has 1 aliphatic heterocycles. The highest BCUT2D eigenvalue weighted by molar-refractivity contribution is 5.92. The average molecular weight is 330 g/mol. The number of hydrogen-bond acceptors (Lipinski definition) is 2. The lowest BCUT2D eigenvalue weighted by Crippen LogP contribution is -2.41. The summed E-state index contributed by atoms with van der Waals surface area (Å²) < 4.78 is 0. The SMILES string of the molecule is CCCC(=O)N1CCC(C(=O)Nc2ccc(C(C)(C)C)cc2)CC1. The predicted octanol–water partition coefficient (Wildman–Crippen LogP) is 3.96. The zero-order valence-electron chi connectivity index (χ0n) is 15.4. The molecule has 0 aliphatic carbocycles. The lowest BCUT2D eigenvalue weighted by Gasteiger charge is -2.31. The summed E-state index contributed by atoms with van der Waals surface area (Å²) in [6.07, 6.45) is 2.99. The van der Waals surface area contributed by atoms with Gasteiger partial charge in [-0.3, -0.25) is 9.59 Å². The van der Waals surface area contributed by atoms with Crippen LogP contribution < -0.4 is 5.32 Å². The van der Waals surface area contributed by atoms with E-state index in [1.807, 2.05) is 24.0 Å². The summed E-state index contributed by atoms with van der Waals surface area (Å²) >= 11 is 0. The summed E-state index contributed by atoms with van der Waals surface area (Å²) in [5, 5.41) is 3.02. The third-order valence-electron chi connectivity index (χ3n) is 4.70. The van der Waals surface area contributed by atoms with E-state index >= 15 is 0 Å². The molecule has 1 saturated heterocycles. The Morgan fingerprint density at radius 3 is 2.21 bits per heavy atom. The maximum atomic E-state index is 12.4. The zero-order valence-corrected chi connectivity index (χ0v) is 15.4. The second kappa shape index (κ2) is 7.82. The highest BCUT2D eigenvalue weighted by atomic mass is 16.2. The third kappa shape index (κ3) is 4.83. The highest BCUT2D eigenvalue weighted by Crippen LogP contribution is 2.24. The number of carbonyl (C=O) groups excluding carboxylic acids is 2. The topological polar surface area (TPSA) is 49.4 Å². The van der Waals surface area contributed by atoms with Crippen molar-refractivity contribution in [1.82, 2.24) is 4.90 Å². The van der Waals surface area contributed by atoms with E-state index in [2.05, 4.69) is 38.2 Å². The lowest BCUT2D eigenvalue weighted by molar-refractivity contribution is -0.134. The van der Waals surface area contributed by atoms with Gasteiger partial charge >= 0.3 is 0 Å². The van der Waals surface area contributed by atoms with Gasteiger partial charge in [-0.25, -0.2) is 0 Å². The number of anilines is 1. The summed E-state index contributed by atoms with van der Waals surface area (Å²) in [6, 6.07) is 8.08. The Kier molecular flexibility index (Phi) is 6.03. The molecule has 0 aromatic heterocycles. The van der Waals surface area contributed by atoms with E-state index in [4.69, 9.17) is 0 Å². The monoisotopic (exact) mass is 330 g/mol. The van der Waals surface area contributed by atoms with E-state index in [9.17, 15) is 9.59 Å². The Labute approximate surface area is 145 Å². The molecule has 0 saturated carbocycles. The number of piperidine rings is 1. The molecule has 0 bridgehead atoms. The number of rotatable bonds is 4. The van der Waals surface area contributed by atoms with Gasteiger partial charge in [0.05, 0.1) is 0 Å². The molecule has 2 rings (SSSR count). The molecule has 4 nitrogen and oxygen atoms in total. The lowest BCUT2D eigenvalue weighted by atomic mass is 9.87. The first-order valence-corrected chi connectivity index (χ1v) is 9.00. The first-order valence-electron chi connectivity index (χ1n) is 9.00. The van der Waals surface area contributed by atoms with Crippen LogP contribution in [0.1, 0.15) is 58.9 Å². The van der Waals surface area contributed by atoms with Crippen LogP contribution in [0.15, 0.2) is 24.3 Å². The Morgan fingerprint density at radius 2 is 1.71 bits per heavy atom. The first kappa shape index (κ1) is 18.5. The fraction of sp³-hybridized carbons (Fsp3) is 0.600. The van der Waals surface area contributed by atoms with Gasteiger partial charge in [0.2, 0.25) is 11.8 Å². The average Bonchev–Trinajstić information content (AvgIpc) is 2.55. The molecular formula is C20H30N2O2. The van der Waals surface area contributed by atoms with Gasteiger partial charge in [-0.1, -0.05) is 39.8 Å². The molecule has 1 aliphatic rings. The van der Waals surface area contributed by atoms with E-state index in [1.165, 1.54) is 5.56 Å². The van der Waals surface area contributed by atoms with Crippen molar-refractivity contribution in [1.29, 1.82) is 0 Å². The van der Waals surface area contributed by atoms with Crippen LogP contribution in [0.2, 0.25) is 0 Å². The summed E-state index contributed by atoms with van der Waals surface area (Å²) in [7, 11) is 0. The second-order valence-corrected chi connectivity index (χ2v) is 7.72. The van der Waals surface area contributed by atoms with Gasteiger partial charge in [0, 0.05) is 31.1 Å². The fourth-order valence-electron chi connectivity index (χ4n) is 3.06. The van der Waals surface area contributed by atoms with E-state index in [1.54, 1.807) is 0 Å². The largest absolute Gasteiger partial charge is 0.343 e. The van der Waals surface area contributed by atoms with Crippen LogP contribution in [-0.2, 0) is 15.0 Å². The number of benzene rings is 1. The predicted molar refractivity (Wildman–Crippen MR) is 98.0 cm³/mol. The van der Waals surface area contributed by atoms with Crippen molar-refractivity contribution in [2.45, 2.75) is 58.8 Å². The second-order valence-electron chi connectivity index (χ2n) is 7.72. The van der Waals surface area contributed by atoms with Gasteiger partial charge in [-0.05, 0) is 42.4 Å². The molecule has 1 fully saturated rings. The maximum absolute atomic E-state index is 12.4. The van der Waals surface area contributed by atoms with Crippen molar-refractivity contribution >= 4 is 17.5 Å². The highest BCUT2D eigenvalue weighted by Gasteiger charge is 2.27. The van der Waals surface area contributed by atoms with Crippen molar-refractivity contribution in [2.24, 2.45) is 5.92 Å². The summed E-state index contributed by atoms with van der Waals surface area (Å²) in [6.45, 7) is 9.93. The third-order valence-corrected chi connectivity index (χ3v) is 4.70. The van der Waals surface area contributed by atoms with Crippen molar-refractivity contribution in [3.8, 4) is 0 Å². The van der Waals surface area contributed by atoms with Gasteiger partial charge < -0.3 is 10.2 Å². The quantitative estimate of drug-likeness (QED) is 0.908. The van der Waals surface area contributed by atoms with E-state index < -0.39 is 0 Å². The number of amides is 2. The number of nitrogens with one attached hydrogen (secondary N) is 1. The Hall–Kier alpha value is -1.84. The maximum Gasteiger partial charge on any atom is 0.227 e. The van der Waals surface area contributed by atoms with Crippen LogP contribution in [-0.4, -0.2) is 29.8 Å². The van der Waals surface area contributed by atoms with Gasteiger partial charge in [0.25, 0.3) is 0 Å². The van der Waals surface area contributed by atoms with Crippen LogP contribution in [0.25, 0.3) is 0 Å². The minimum atomic E-state index is -0.00188. The van der Waals surface area contributed by atoms with Crippen LogP contribution in [0.3, 0.4) is 0 Å². The number of hydrogen-bond donors (Lipinski definition) is 1. The molecular weight excluding hydrogens is 300 g/mol. The first-order chi connectivity index (χ1) is 11.3. The molecule has 0 radical (unpaired) electrons. The smallest absolute Gasteiger partial charge is 0.227 e. The molecule has 4 heteroatoms. The Bertz CT molecular complexity index is 564. The van der Waals surface area contributed by atoms with Crippen molar-refractivity contribution < 1.29 is 9.59 Å². The van der Waals surface area contributed by atoms with E-state index in [-0.39, 0.29) is 23.1 Å². The van der Waals surface area contributed by atoms with Gasteiger partial charge in [-0.2, -0.15) is 0 Å². The van der Waals surface area contributed by atoms with Crippen LogP contribution in [0.5, 0.6) is 0 Å². The normalized spacial score (nSPS) is 16.1. The minimum absolute atomic E-state index is 0.00188.